The maximum absolute atomic E-state index is 12.5. The van der Waals surface area contributed by atoms with Gasteiger partial charge >= 0.3 is 6.18 Å². The van der Waals surface area contributed by atoms with Crippen molar-refractivity contribution in [2.24, 2.45) is 5.92 Å². The van der Waals surface area contributed by atoms with Crippen molar-refractivity contribution in [1.29, 1.82) is 0 Å². The Morgan fingerprint density at radius 2 is 2.00 bits per heavy atom. The number of piperidine rings is 1. The quantitative estimate of drug-likeness (QED) is 0.764. The predicted molar refractivity (Wildman–Crippen MR) is 71.6 cm³/mol. The molecule has 1 aromatic rings. The summed E-state index contributed by atoms with van der Waals surface area (Å²) in [6.45, 7) is 0.877. The normalized spacial score (nSPS) is 18.7. The molecule has 0 bridgehead atoms. The van der Waals surface area contributed by atoms with Crippen LogP contribution < -0.4 is 0 Å². The molecule has 0 aromatic carbocycles. The van der Waals surface area contributed by atoms with Gasteiger partial charge in [-0.1, -0.05) is 0 Å². The largest absolute Gasteiger partial charge is 0.391 e. The Bertz CT molecular complexity index is 452. The van der Waals surface area contributed by atoms with Gasteiger partial charge in [0.25, 0.3) is 0 Å². The summed E-state index contributed by atoms with van der Waals surface area (Å²) >= 11 is 4.63. The Kier molecular flexibility index (Phi) is 4.68. The van der Waals surface area contributed by atoms with Gasteiger partial charge in [0, 0.05) is 0 Å². The SMILES string of the molecule is O=C(CN1CCC(C(F)(F)F)CC1)c1ccc(Br)s1. The van der Waals surface area contributed by atoms with Crippen LogP contribution in [-0.4, -0.2) is 36.5 Å². The van der Waals surface area contributed by atoms with Gasteiger partial charge in [-0.3, -0.25) is 9.69 Å². The van der Waals surface area contributed by atoms with Crippen molar-refractivity contribution in [1.82, 2.24) is 4.90 Å². The van der Waals surface area contributed by atoms with Crippen LogP contribution >= 0.6 is 27.3 Å². The molecule has 0 unspecified atom stereocenters. The number of likely N-dealkylation sites (tertiary alicyclic amines) is 1. The first kappa shape index (κ1) is 15.0. The molecule has 0 aliphatic carbocycles. The highest BCUT2D eigenvalue weighted by atomic mass is 79.9. The van der Waals surface area contributed by atoms with Crippen LogP contribution in [0, 0.1) is 5.92 Å². The minimum atomic E-state index is -4.10. The lowest BCUT2D eigenvalue weighted by molar-refractivity contribution is -0.184. The molecule has 1 saturated heterocycles. The van der Waals surface area contributed by atoms with Crippen molar-refractivity contribution in [3.8, 4) is 0 Å². The number of hydrogen-bond donors (Lipinski definition) is 0. The molecule has 19 heavy (non-hydrogen) atoms. The van der Waals surface area contributed by atoms with Crippen molar-refractivity contribution in [3.05, 3.63) is 20.8 Å². The number of hydrogen-bond acceptors (Lipinski definition) is 3. The van der Waals surface area contributed by atoms with E-state index in [1.54, 1.807) is 17.0 Å². The maximum Gasteiger partial charge on any atom is 0.391 e. The summed E-state index contributed by atoms with van der Waals surface area (Å²) in [7, 11) is 0. The van der Waals surface area contributed by atoms with Crippen LogP contribution in [0.15, 0.2) is 15.9 Å². The number of alkyl halides is 3. The Hall–Kier alpha value is -0.400. The van der Waals surface area contributed by atoms with Gasteiger partial charge in [0.05, 0.1) is 21.1 Å². The highest BCUT2D eigenvalue weighted by Crippen LogP contribution is 2.34. The molecule has 1 aliphatic rings. The van der Waals surface area contributed by atoms with Crippen molar-refractivity contribution < 1.29 is 18.0 Å². The van der Waals surface area contributed by atoms with Crippen molar-refractivity contribution in [2.75, 3.05) is 19.6 Å². The number of Topliss-reactive ketones (excluding diaryl/α,β-unsaturated/α-hetero) is 1. The highest BCUT2D eigenvalue weighted by molar-refractivity contribution is 9.11. The summed E-state index contributed by atoms with van der Waals surface area (Å²) in [5.41, 5.74) is 0. The summed E-state index contributed by atoms with van der Waals surface area (Å²) < 4.78 is 38.4. The fraction of sp³-hybridized carbons (Fsp3) is 0.583. The van der Waals surface area contributed by atoms with E-state index in [1.807, 2.05) is 0 Å². The number of halogens is 4. The molecule has 1 aliphatic heterocycles. The van der Waals surface area contributed by atoms with Crippen LogP contribution in [0.25, 0.3) is 0 Å². The number of rotatable bonds is 3. The van der Waals surface area contributed by atoms with E-state index in [4.69, 9.17) is 0 Å². The highest BCUT2D eigenvalue weighted by Gasteiger charge is 2.41. The van der Waals surface area contributed by atoms with Gasteiger partial charge < -0.3 is 0 Å². The smallest absolute Gasteiger partial charge is 0.296 e. The molecule has 0 amide bonds. The number of carbonyl (C=O) groups excluding carboxylic acids is 1. The van der Waals surface area contributed by atoms with Crippen LogP contribution in [0.4, 0.5) is 13.2 Å². The summed E-state index contributed by atoms with van der Waals surface area (Å²) in [5.74, 6) is -1.24. The fourth-order valence-electron chi connectivity index (χ4n) is 2.16. The topological polar surface area (TPSA) is 20.3 Å². The zero-order chi connectivity index (χ0) is 14.0. The van der Waals surface area contributed by atoms with E-state index in [2.05, 4.69) is 15.9 Å². The first-order valence-electron chi connectivity index (χ1n) is 5.94. The zero-order valence-electron chi connectivity index (χ0n) is 10.0. The predicted octanol–water partition coefficient (Wildman–Crippen LogP) is 3.97. The average Bonchev–Trinajstić information content (AvgIpc) is 2.75. The van der Waals surface area contributed by atoms with Gasteiger partial charge in [-0.15, -0.1) is 11.3 Å². The number of carbonyl (C=O) groups is 1. The molecule has 1 aromatic heterocycles. The molecule has 7 heteroatoms. The molecule has 0 spiro atoms. The molecule has 106 valence electrons. The Morgan fingerprint density at radius 1 is 1.37 bits per heavy atom. The molecule has 1 fully saturated rings. The Labute approximate surface area is 121 Å². The lowest BCUT2D eigenvalue weighted by atomic mass is 9.96. The number of nitrogens with zero attached hydrogens (tertiary/aromatic N) is 1. The minimum Gasteiger partial charge on any atom is -0.296 e. The molecule has 0 atom stereocenters. The molecular formula is C12H13BrF3NOS. The average molecular weight is 356 g/mol. The molecular weight excluding hydrogens is 343 g/mol. The second kappa shape index (κ2) is 5.93. The number of ketones is 1. The van der Waals surface area contributed by atoms with Crippen LogP contribution in [0.3, 0.4) is 0 Å². The zero-order valence-corrected chi connectivity index (χ0v) is 12.4. The van der Waals surface area contributed by atoms with E-state index in [1.165, 1.54) is 11.3 Å². The van der Waals surface area contributed by atoms with Crippen LogP contribution in [0.1, 0.15) is 22.5 Å². The standard InChI is InChI=1S/C12H13BrF3NOS/c13-11-2-1-10(19-11)9(18)7-17-5-3-8(4-6-17)12(14,15)16/h1-2,8H,3-7H2. The molecule has 2 nitrogen and oxygen atoms in total. The van der Waals surface area contributed by atoms with Crippen molar-refractivity contribution >= 4 is 33.0 Å². The first-order chi connectivity index (χ1) is 8.86. The maximum atomic E-state index is 12.5. The first-order valence-corrected chi connectivity index (χ1v) is 7.55. The second-order valence-electron chi connectivity index (χ2n) is 4.62. The summed E-state index contributed by atoms with van der Waals surface area (Å²) in [5, 5.41) is 0. The van der Waals surface area contributed by atoms with E-state index >= 15 is 0 Å². The van der Waals surface area contributed by atoms with Crippen molar-refractivity contribution in [3.63, 3.8) is 0 Å². The van der Waals surface area contributed by atoms with E-state index in [-0.39, 0.29) is 25.2 Å². The van der Waals surface area contributed by atoms with Crippen LogP contribution in [-0.2, 0) is 0 Å². The van der Waals surface area contributed by atoms with E-state index in [0.29, 0.717) is 18.0 Å². The third kappa shape index (κ3) is 4.03. The lowest BCUT2D eigenvalue weighted by Crippen LogP contribution is -2.41. The van der Waals surface area contributed by atoms with Gasteiger partial charge in [0.2, 0.25) is 0 Å². The Morgan fingerprint density at radius 3 is 2.47 bits per heavy atom. The monoisotopic (exact) mass is 355 g/mol. The van der Waals surface area contributed by atoms with Crippen LogP contribution in [0.5, 0.6) is 0 Å². The molecule has 2 rings (SSSR count). The van der Waals surface area contributed by atoms with E-state index in [9.17, 15) is 18.0 Å². The van der Waals surface area contributed by atoms with E-state index in [0.717, 1.165) is 3.79 Å². The van der Waals surface area contributed by atoms with Crippen molar-refractivity contribution in [2.45, 2.75) is 19.0 Å². The van der Waals surface area contributed by atoms with Gasteiger partial charge in [0.15, 0.2) is 5.78 Å². The summed E-state index contributed by atoms with van der Waals surface area (Å²) in [6.07, 6.45) is -3.93. The fourth-order valence-corrected chi connectivity index (χ4v) is 3.48. The Balaban J connectivity index is 1.84. The third-order valence-electron chi connectivity index (χ3n) is 3.27. The minimum absolute atomic E-state index is 0.0267. The molecule has 0 radical (unpaired) electrons. The van der Waals surface area contributed by atoms with Gasteiger partial charge in [0.1, 0.15) is 0 Å². The van der Waals surface area contributed by atoms with Gasteiger partial charge in [-0.25, -0.2) is 0 Å². The summed E-state index contributed by atoms with van der Waals surface area (Å²) in [4.78, 5) is 14.4. The van der Waals surface area contributed by atoms with Gasteiger partial charge in [-0.05, 0) is 54.0 Å². The third-order valence-corrected chi connectivity index (χ3v) is 4.93. The van der Waals surface area contributed by atoms with Gasteiger partial charge in [-0.2, -0.15) is 13.2 Å². The number of thiophene rings is 1. The molecule has 0 N–H and O–H groups in total. The van der Waals surface area contributed by atoms with E-state index < -0.39 is 12.1 Å². The second-order valence-corrected chi connectivity index (χ2v) is 7.08. The molecule has 0 saturated carbocycles. The van der Waals surface area contributed by atoms with Crippen LogP contribution in [0.2, 0.25) is 0 Å². The summed E-state index contributed by atoms with van der Waals surface area (Å²) in [6, 6.07) is 3.54. The lowest BCUT2D eigenvalue weighted by Gasteiger charge is -2.32. The molecule has 2 heterocycles.